The number of amides is 1. The number of hydrogen-bond donors (Lipinski definition) is 1. The van der Waals surface area contributed by atoms with Crippen molar-refractivity contribution in [3.05, 3.63) is 94.9 Å². The number of ether oxygens (including phenoxy) is 1. The minimum Gasteiger partial charge on any atom is -0.497 e. The van der Waals surface area contributed by atoms with Crippen LogP contribution in [0.15, 0.2) is 66.9 Å². The smallest absolute Gasteiger partial charge is 0.270 e. The lowest BCUT2D eigenvalue weighted by atomic mass is 9.89. The van der Waals surface area contributed by atoms with Crippen LogP contribution in [0.1, 0.15) is 58.6 Å². The summed E-state index contributed by atoms with van der Waals surface area (Å²) in [5, 5.41) is 3.09. The lowest BCUT2D eigenvalue weighted by molar-refractivity contribution is 0.0944. The van der Waals surface area contributed by atoms with Gasteiger partial charge in [0.25, 0.3) is 5.91 Å². The molecule has 1 amide bonds. The molecule has 5 rings (SSSR count). The number of piperidine rings is 1. The summed E-state index contributed by atoms with van der Waals surface area (Å²) in [7, 11) is 1.71. The molecule has 1 fully saturated rings. The highest BCUT2D eigenvalue weighted by Crippen LogP contribution is 2.31. The van der Waals surface area contributed by atoms with Crippen molar-refractivity contribution >= 4 is 17.2 Å². The van der Waals surface area contributed by atoms with Crippen LogP contribution in [-0.4, -0.2) is 35.5 Å². The first-order valence-electron chi connectivity index (χ1n) is 12.8. The lowest BCUT2D eigenvalue weighted by Gasteiger charge is -2.34. The third-order valence-electron chi connectivity index (χ3n) is 7.24. The van der Waals surface area contributed by atoms with Crippen molar-refractivity contribution in [2.45, 2.75) is 45.6 Å². The normalized spacial score (nSPS) is 14.2. The monoisotopic (exact) mass is 482 g/mol. The van der Waals surface area contributed by atoms with Crippen LogP contribution in [0, 0.1) is 6.92 Å². The van der Waals surface area contributed by atoms with Crippen LogP contribution in [0.5, 0.6) is 5.75 Å². The van der Waals surface area contributed by atoms with Gasteiger partial charge in [0, 0.05) is 31.5 Å². The first-order chi connectivity index (χ1) is 17.6. The van der Waals surface area contributed by atoms with E-state index in [1.165, 1.54) is 11.3 Å². The summed E-state index contributed by atoms with van der Waals surface area (Å²) in [4.78, 5) is 20.2. The number of nitrogens with one attached hydrogen (secondary N) is 1. The van der Waals surface area contributed by atoms with Gasteiger partial charge >= 0.3 is 0 Å². The number of carbonyl (C=O) groups is 1. The zero-order chi connectivity index (χ0) is 25.1. The molecule has 0 radical (unpaired) electrons. The predicted octanol–water partition coefficient (Wildman–Crippen LogP) is 5.53. The number of benzene rings is 2. The Labute approximate surface area is 212 Å². The molecule has 3 heterocycles. The molecule has 2 aromatic carbocycles. The van der Waals surface area contributed by atoms with Gasteiger partial charge in [0.1, 0.15) is 17.1 Å². The molecule has 186 valence electrons. The van der Waals surface area contributed by atoms with Crippen molar-refractivity contribution in [1.29, 1.82) is 0 Å². The summed E-state index contributed by atoms with van der Waals surface area (Å²) in [6, 6.07) is 21.1. The van der Waals surface area contributed by atoms with Gasteiger partial charge in [0.05, 0.1) is 12.8 Å². The van der Waals surface area contributed by atoms with Gasteiger partial charge in [-0.15, -0.1) is 0 Å². The maximum Gasteiger partial charge on any atom is 0.270 e. The molecule has 0 atom stereocenters. The highest BCUT2D eigenvalue weighted by Gasteiger charge is 2.21. The molecule has 36 heavy (non-hydrogen) atoms. The molecule has 0 aliphatic carbocycles. The standard InChI is InChI=1S/C30H34N4O2/c1-4-27-29(34-18-13-21(2)19-28(34)32-27)30(35)31-20-22-5-9-25(10-6-22)33-16-14-24(15-17-33)23-7-11-26(36-3)12-8-23/h5-13,18-19,24H,4,14-17,20H2,1-3H3,(H,31,35). The molecule has 2 aromatic heterocycles. The van der Waals surface area contributed by atoms with Crippen LogP contribution in [0.3, 0.4) is 0 Å². The zero-order valence-electron chi connectivity index (χ0n) is 21.3. The molecule has 0 spiro atoms. The van der Waals surface area contributed by atoms with E-state index in [0.717, 1.165) is 54.1 Å². The Hall–Kier alpha value is -3.80. The minimum absolute atomic E-state index is 0.0899. The van der Waals surface area contributed by atoms with Crippen LogP contribution in [0.25, 0.3) is 5.65 Å². The van der Waals surface area contributed by atoms with Crippen molar-refractivity contribution in [2.75, 3.05) is 25.1 Å². The van der Waals surface area contributed by atoms with Gasteiger partial charge in [-0.3, -0.25) is 9.20 Å². The van der Waals surface area contributed by atoms with Crippen molar-refractivity contribution < 1.29 is 9.53 Å². The van der Waals surface area contributed by atoms with Crippen molar-refractivity contribution in [2.24, 2.45) is 0 Å². The number of anilines is 1. The maximum atomic E-state index is 13.1. The second-order valence-corrected chi connectivity index (χ2v) is 9.58. The van der Waals surface area contributed by atoms with E-state index in [2.05, 4.69) is 63.7 Å². The Bertz CT molecular complexity index is 1330. The number of hydrogen-bond acceptors (Lipinski definition) is 4. The predicted molar refractivity (Wildman–Crippen MR) is 144 cm³/mol. The van der Waals surface area contributed by atoms with Crippen molar-refractivity contribution in [3.8, 4) is 5.75 Å². The van der Waals surface area contributed by atoms with Crippen LogP contribution in [0.2, 0.25) is 0 Å². The SMILES string of the molecule is CCc1nc2cc(C)ccn2c1C(=O)NCc1ccc(N2CCC(c3ccc(OC)cc3)CC2)cc1. The average molecular weight is 483 g/mol. The molecule has 1 N–H and O–H groups in total. The van der Waals surface area contributed by atoms with Crippen LogP contribution < -0.4 is 15.0 Å². The topological polar surface area (TPSA) is 58.9 Å². The molecule has 1 aliphatic heterocycles. The minimum atomic E-state index is -0.0899. The molecule has 1 saturated heterocycles. The Morgan fingerprint density at radius 3 is 2.44 bits per heavy atom. The summed E-state index contributed by atoms with van der Waals surface area (Å²) >= 11 is 0. The second kappa shape index (κ2) is 10.4. The van der Waals surface area contributed by atoms with E-state index in [-0.39, 0.29) is 5.91 Å². The van der Waals surface area contributed by atoms with Crippen LogP contribution in [-0.2, 0) is 13.0 Å². The van der Waals surface area contributed by atoms with Crippen LogP contribution >= 0.6 is 0 Å². The number of aryl methyl sites for hydroxylation is 2. The second-order valence-electron chi connectivity index (χ2n) is 9.58. The molecule has 0 unspecified atom stereocenters. The molecule has 1 aliphatic rings. The lowest BCUT2D eigenvalue weighted by Crippen LogP contribution is -2.32. The van der Waals surface area contributed by atoms with Gasteiger partial charge in [-0.25, -0.2) is 4.98 Å². The number of imidazole rings is 1. The van der Waals surface area contributed by atoms with E-state index in [1.807, 2.05) is 36.6 Å². The summed E-state index contributed by atoms with van der Waals surface area (Å²) in [6.45, 7) is 6.64. The highest BCUT2D eigenvalue weighted by molar-refractivity contribution is 5.94. The van der Waals surface area contributed by atoms with E-state index < -0.39 is 0 Å². The first kappa shape index (κ1) is 23.9. The van der Waals surface area contributed by atoms with E-state index >= 15 is 0 Å². The fourth-order valence-electron chi connectivity index (χ4n) is 5.12. The zero-order valence-corrected chi connectivity index (χ0v) is 21.3. The molecule has 0 saturated carbocycles. The summed E-state index contributed by atoms with van der Waals surface area (Å²) in [5.74, 6) is 1.41. The van der Waals surface area contributed by atoms with Gasteiger partial charge in [0.2, 0.25) is 0 Å². The Morgan fingerprint density at radius 2 is 1.78 bits per heavy atom. The van der Waals surface area contributed by atoms with E-state index in [9.17, 15) is 4.79 Å². The van der Waals surface area contributed by atoms with Crippen LogP contribution in [0.4, 0.5) is 5.69 Å². The number of rotatable bonds is 7. The van der Waals surface area contributed by atoms with Gasteiger partial charge in [-0.2, -0.15) is 0 Å². The number of aromatic nitrogens is 2. The number of methoxy groups -OCH3 is 1. The van der Waals surface area contributed by atoms with E-state index in [4.69, 9.17) is 4.74 Å². The molecule has 6 nitrogen and oxygen atoms in total. The summed E-state index contributed by atoms with van der Waals surface area (Å²) < 4.78 is 7.17. The fraction of sp³-hybridized carbons (Fsp3) is 0.333. The number of fused-ring (bicyclic) bond motifs is 1. The average Bonchev–Trinajstić information content (AvgIpc) is 3.30. The number of carbonyl (C=O) groups excluding carboxylic acids is 1. The largest absolute Gasteiger partial charge is 0.497 e. The van der Waals surface area contributed by atoms with Crippen molar-refractivity contribution in [3.63, 3.8) is 0 Å². The molecule has 4 aromatic rings. The number of pyridine rings is 1. The third-order valence-corrected chi connectivity index (χ3v) is 7.24. The van der Waals surface area contributed by atoms with E-state index in [0.29, 0.717) is 24.6 Å². The number of nitrogens with zero attached hydrogens (tertiary/aromatic N) is 3. The highest BCUT2D eigenvalue weighted by atomic mass is 16.5. The van der Waals surface area contributed by atoms with Gasteiger partial charge in [0.15, 0.2) is 0 Å². The first-order valence-corrected chi connectivity index (χ1v) is 12.8. The van der Waals surface area contributed by atoms with E-state index in [1.54, 1.807) is 7.11 Å². The molecular formula is C30H34N4O2. The van der Waals surface area contributed by atoms with Gasteiger partial charge in [-0.05, 0) is 85.2 Å². The van der Waals surface area contributed by atoms with Crippen molar-refractivity contribution in [1.82, 2.24) is 14.7 Å². The van der Waals surface area contributed by atoms with Gasteiger partial charge in [-0.1, -0.05) is 31.2 Å². The Balaban J connectivity index is 1.18. The third kappa shape index (κ3) is 4.94. The summed E-state index contributed by atoms with van der Waals surface area (Å²) in [5.41, 5.74) is 7.13. The molecule has 0 bridgehead atoms. The maximum absolute atomic E-state index is 13.1. The molecular weight excluding hydrogens is 448 g/mol. The fourth-order valence-corrected chi connectivity index (χ4v) is 5.12. The Morgan fingerprint density at radius 1 is 1.06 bits per heavy atom. The Kier molecular flexibility index (Phi) is 6.94. The van der Waals surface area contributed by atoms with Gasteiger partial charge < -0.3 is 15.0 Å². The quantitative estimate of drug-likeness (QED) is 0.376. The molecule has 6 heteroatoms. The summed E-state index contributed by atoms with van der Waals surface area (Å²) in [6.07, 6.45) is 4.93.